The molecule has 2 rings (SSSR count). The first-order valence-corrected chi connectivity index (χ1v) is 8.16. The minimum atomic E-state index is -0.0460. The van der Waals surface area contributed by atoms with E-state index in [9.17, 15) is 4.79 Å². The Morgan fingerprint density at radius 2 is 2.56 bits per heavy atom. The Balaban J connectivity index is 1.91. The molecule has 1 aromatic rings. The number of urea groups is 1. The molecule has 0 spiro atoms. The molecule has 18 heavy (non-hydrogen) atoms. The molecule has 0 aliphatic carbocycles. The molecule has 1 aromatic heterocycles. The molecule has 5 nitrogen and oxygen atoms in total. The second-order valence-electron chi connectivity index (χ2n) is 4.19. The van der Waals surface area contributed by atoms with Gasteiger partial charge in [-0.2, -0.15) is 11.8 Å². The lowest BCUT2D eigenvalue weighted by Gasteiger charge is -2.23. The zero-order chi connectivity index (χ0) is 12.8. The number of hydrogen-bond donors (Lipinski definition) is 1. The second kappa shape index (κ2) is 6.94. The summed E-state index contributed by atoms with van der Waals surface area (Å²) in [4.78, 5) is 14.0. The van der Waals surface area contributed by atoms with Gasteiger partial charge in [0.2, 0.25) is 5.13 Å². The molecule has 100 valence electrons. The van der Waals surface area contributed by atoms with Crippen LogP contribution in [0.5, 0.6) is 0 Å². The van der Waals surface area contributed by atoms with Gasteiger partial charge in [0.15, 0.2) is 0 Å². The molecule has 1 unspecified atom stereocenters. The number of carbonyl (C=O) groups is 1. The first-order valence-electron chi connectivity index (χ1n) is 6.23. The van der Waals surface area contributed by atoms with E-state index in [1.165, 1.54) is 24.2 Å². The van der Waals surface area contributed by atoms with Crippen molar-refractivity contribution in [1.29, 1.82) is 0 Å². The Kier molecular flexibility index (Phi) is 5.25. The normalized spacial score (nSPS) is 20.5. The average molecular weight is 286 g/mol. The number of carbonyl (C=O) groups excluding carboxylic acids is 1. The summed E-state index contributed by atoms with van der Waals surface area (Å²) in [6.45, 7) is 3.84. The van der Waals surface area contributed by atoms with Gasteiger partial charge in [0.25, 0.3) is 0 Å². The molecule has 7 heteroatoms. The Hall–Kier alpha value is -0.820. The zero-order valence-corrected chi connectivity index (χ0v) is 12.1. The van der Waals surface area contributed by atoms with Crippen molar-refractivity contribution in [1.82, 2.24) is 15.1 Å². The highest BCUT2D eigenvalue weighted by atomic mass is 32.2. The fraction of sp³-hybridized carbons (Fsp3) is 0.727. The molecule has 0 aromatic carbocycles. The van der Waals surface area contributed by atoms with E-state index in [4.69, 9.17) is 0 Å². The Bertz CT molecular complexity index is 371. The van der Waals surface area contributed by atoms with Gasteiger partial charge in [0.05, 0.1) is 0 Å². The van der Waals surface area contributed by atoms with Gasteiger partial charge in [0, 0.05) is 18.3 Å². The van der Waals surface area contributed by atoms with Crippen molar-refractivity contribution in [2.75, 3.05) is 24.2 Å². The first kappa shape index (κ1) is 13.6. The fourth-order valence-electron chi connectivity index (χ4n) is 2.06. The fourth-order valence-corrected chi connectivity index (χ4v) is 3.58. The maximum Gasteiger partial charge on any atom is 0.323 e. The lowest BCUT2D eigenvalue weighted by molar-refractivity contribution is 0.214. The maximum atomic E-state index is 12.1. The molecular formula is C11H18N4OS2. The van der Waals surface area contributed by atoms with E-state index in [2.05, 4.69) is 22.4 Å². The summed E-state index contributed by atoms with van der Waals surface area (Å²) in [6.07, 6.45) is 3.51. The van der Waals surface area contributed by atoms with Crippen molar-refractivity contribution in [3.63, 3.8) is 0 Å². The van der Waals surface area contributed by atoms with Crippen LogP contribution in [0.15, 0.2) is 5.51 Å². The highest BCUT2D eigenvalue weighted by Gasteiger charge is 2.22. The van der Waals surface area contributed by atoms with Gasteiger partial charge >= 0.3 is 6.03 Å². The second-order valence-corrected chi connectivity index (χ2v) is 6.60. The van der Waals surface area contributed by atoms with E-state index in [0.717, 1.165) is 25.3 Å². The summed E-state index contributed by atoms with van der Waals surface area (Å²) in [6, 6.07) is -0.0460. The topological polar surface area (TPSA) is 58.1 Å². The third-order valence-electron chi connectivity index (χ3n) is 2.89. The number of aromatic nitrogens is 2. The summed E-state index contributed by atoms with van der Waals surface area (Å²) in [5, 5.41) is 11.5. The van der Waals surface area contributed by atoms with Gasteiger partial charge in [-0.15, -0.1) is 10.2 Å². The summed E-state index contributed by atoms with van der Waals surface area (Å²) in [5.74, 6) is 1.11. The number of likely N-dealkylation sites (tertiary alicyclic amines) is 1. The zero-order valence-electron chi connectivity index (χ0n) is 10.5. The van der Waals surface area contributed by atoms with Gasteiger partial charge in [-0.25, -0.2) is 4.79 Å². The molecule has 1 aliphatic heterocycles. The summed E-state index contributed by atoms with van der Waals surface area (Å²) < 4.78 is 0. The molecule has 0 saturated carbocycles. The van der Waals surface area contributed by atoms with Gasteiger partial charge in [-0.3, -0.25) is 5.32 Å². The van der Waals surface area contributed by atoms with Gasteiger partial charge in [0.1, 0.15) is 5.51 Å². The lowest BCUT2D eigenvalue weighted by atomic mass is 10.2. The van der Waals surface area contributed by atoms with Crippen molar-refractivity contribution < 1.29 is 4.79 Å². The molecule has 2 heterocycles. The molecule has 1 aliphatic rings. The van der Waals surface area contributed by atoms with Crippen LogP contribution in [0.2, 0.25) is 0 Å². The number of nitrogens with one attached hydrogen (secondary N) is 1. The first-order chi connectivity index (χ1) is 8.79. The molecule has 1 fully saturated rings. The van der Waals surface area contributed by atoms with Crippen molar-refractivity contribution >= 4 is 34.3 Å². The SMILES string of the molecule is CCSC1CCCCN(C(=O)Nc2nncs2)C1. The van der Waals surface area contributed by atoms with E-state index in [1.807, 2.05) is 16.7 Å². The quantitative estimate of drug-likeness (QED) is 0.928. The Labute approximate surface area is 115 Å². The molecule has 1 atom stereocenters. The predicted molar refractivity (Wildman–Crippen MR) is 76.3 cm³/mol. The molecular weight excluding hydrogens is 268 g/mol. The van der Waals surface area contributed by atoms with Crippen LogP contribution in [0.4, 0.5) is 9.93 Å². The number of anilines is 1. The molecule has 0 radical (unpaired) electrons. The largest absolute Gasteiger partial charge is 0.323 e. The van der Waals surface area contributed by atoms with Crippen LogP contribution in [0.3, 0.4) is 0 Å². The van der Waals surface area contributed by atoms with Crippen molar-refractivity contribution in [2.45, 2.75) is 31.4 Å². The molecule has 0 bridgehead atoms. The van der Waals surface area contributed by atoms with E-state index in [0.29, 0.717) is 10.4 Å². The Morgan fingerprint density at radius 1 is 1.67 bits per heavy atom. The van der Waals surface area contributed by atoms with Crippen LogP contribution in [-0.4, -0.2) is 45.2 Å². The lowest BCUT2D eigenvalue weighted by Crippen LogP contribution is -2.38. The van der Waals surface area contributed by atoms with E-state index >= 15 is 0 Å². The van der Waals surface area contributed by atoms with Crippen LogP contribution in [0.1, 0.15) is 26.2 Å². The van der Waals surface area contributed by atoms with E-state index in [-0.39, 0.29) is 6.03 Å². The van der Waals surface area contributed by atoms with Crippen LogP contribution in [0, 0.1) is 0 Å². The van der Waals surface area contributed by atoms with Crippen molar-refractivity contribution in [2.24, 2.45) is 0 Å². The van der Waals surface area contributed by atoms with Crippen LogP contribution >= 0.6 is 23.1 Å². The third kappa shape index (κ3) is 3.84. The third-order valence-corrected chi connectivity index (χ3v) is 4.69. The number of thioether (sulfide) groups is 1. The maximum absolute atomic E-state index is 12.1. The van der Waals surface area contributed by atoms with Gasteiger partial charge in [-0.05, 0) is 18.6 Å². The molecule has 1 N–H and O–H groups in total. The predicted octanol–water partition coefficient (Wildman–Crippen LogP) is 2.68. The van der Waals surface area contributed by atoms with E-state index in [1.54, 1.807) is 5.51 Å². The molecule has 2 amide bonds. The molecule has 1 saturated heterocycles. The van der Waals surface area contributed by atoms with Crippen LogP contribution in [0.25, 0.3) is 0 Å². The van der Waals surface area contributed by atoms with Gasteiger partial charge < -0.3 is 4.90 Å². The monoisotopic (exact) mass is 286 g/mol. The average Bonchev–Trinajstić information content (AvgIpc) is 2.74. The number of hydrogen-bond acceptors (Lipinski definition) is 5. The van der Waals surface area contributed by atoms with Crippen LogP contribution < -0.4 is 5.32 Å². The highest BCUT2D eigenvalue weighted by molar-refractivity contribution is 7.99. The standard InChI is InChI=1S/C11H18N4OS2/c1-2-17-9-5-3-4-6-15(7-9)11(16)13-10-14-12-8-18-10/h8-9H,2-7H2,1H3,(H,13,14,16). The summed E-state index contributed by atoms with van der Waals surface area (Å²) >= 11 is 3.29. The minimum absolute atomic E-state index is 0.0460. The minimum Gasteiger partial charge on any atom is -0.323 e. The van der Waals surface area contributed by atoms with E-state index < -0.39 is 0 Å². The number of amides is 2. The highest BCUT2D eigenvalue weighted by Crippen LogP contribution is 2.22. The van der Waals surface area contributed by atoms with Crippen molar-refractivity contribution in [3.8, 4) is 0 Å². The summed E-state index contributed by atoms with van der Waals surface area (Å²) in [5.41, 5.74) is 1.62. The smallest absolute Gasteiger partial charge is 0.323 e. The summed E-state index contributed by atoms with van der Waals surface area (Å²) in [7, 11) is 0. The van der Waals surface area contributed by atoms with Gasteiger partial charge in [-0.1, -0.05) is 24.7 Å². The number of nitrogens with zero attached hydrogens (tertiary/aromatic N) is 3. The number of rotatable bonds is 3. The van der Waals surface area contributed by atoms with Crippen LogP contribution in [-0.2, 0) is 0 Å². The van der Waals surface area contributed by atoms with Crippen molar-refractivity contribution in [3.05, 3.63) is 5.51 Å². The Morgan fingerprint density at radius 3 is 3.28 bits per heavy atom.